The van der Waals surface area contributed by atoms with Crippen molar-refractivity contribution in [2.24, 2.45) is 0 Å². The van der Waals surface area contributed by atoms with Gasteiger partial charge in [0, 0.05) is 17.4 Å². The monoisotopic (exact) mass is 229 g/mol. The fourth-order valence-electron chi connectivity index (χ4n) is 2.01. The van der Waals surface area contributed by atoms with Crippen molar-refractivity contribution in [3.63, 3.8) is 0 Å². The maximum atomic E-state index is 8.89. The number of furan rings is 1. The Hall–Kier alpha value is -1.95. The molecule has 0 bridgehead atoms. The van der Waals surface area contributed by atoms with E-state index in [1.54, 1.807) is 7.11 Å². The standard InChI is InChI=1S/C14H15NO2/c1-3-4-13-11(7-8-15)12-9-10(16-2)5-6-14(12)17-13/h5-6,9H,3-4,7H2,1-2H3. The van der Waals surface area contributed by atoms with Crippen molar-refractivity contribution in [3.8, 4) is 11.8 Å². The molecule has 0 spiro atoms. The lowest BCUT2D eigenvalue weighted by molar-refractivity contribution is 0.415. The number of aryl methyl sites for hydroxylation is 1. The molecule has 3 heteroatoms. The van der Waals surface area contributed by atoms with Gasteiger partial charge in [0.2, 0.25) is 0 Å². The Morgan fingerprint density at radius 2 is 2.24 bits per heavy atom. The second-order valence-electron chi connectivity index (χ2n) is 3.95. The molecule has 0 saturated heterocycles. The second kappa shape index (κ2) is 4.92. The van der Waals surface area contributed by atoms with Gasteiger partial charge in [-0.1, -0.05) is 6.92 Å². The Bertz CT molecular complexity index is 563. The zero-order valence-corrected chi connectivity index (χ0v) is 10.1. The Morgan fingerprint density at radius 3 is 2.88 bits per heavy atom. The number of nitriles is 1. The summed E-state index contributed by atoms with van der Waals surface area (Å²) in [5, 5.41) is 9.89. The molecule has 3 nitrogen and oxygen atoms in total. The molecule has 0 unspecified atom stereocenters. The molecular formula is C14H15NO2. The van der Waals surface area contributed by atoms with Crippen LogP contribution in [0.25, 0.3) is 11.0 Å². The van der Waals surface area contributed by atoms with Crippen molar-refractivity contribution in [2.45, 2.75) is 26.2 Å². The summed E-state index contributed by atoms with van der Waals surface area (Å²) in [7, 11) is 1.64. The van der Waals surface area contributed by atoms with E-state index >= 15 is 0 Å². The van der Waals surface area contributed by atoms with Gasteiger partial charge in [-0.25, -0.2) is 0 Å². The van der Waals surface area contributed by atoms with Gasteiger partial charge in [0.15, 0.2) is 0 Å². The first kappa shape index (κ1) is 11.5. The molecule has 1 aromatic carbocycles. The molecule has 2 rings (SSSR count). The van der Waals surface area contributed by atoms with Crippen LogP contribution < -0.4 is 4.74 Å². The van der Waals surface area contributed by atoms with Crippen LogP contribution in [-0.4, -0.2) is 7.11 Å². The highest BCUT2D eigenvalue weighted by Gasteiger charge is 2.13. The SMILES string of the molecule is CCCc1oc2ccc(OC)cc2c1CC#N. The Balaban J connectivity index is 2.60. The van der Waals surface area contributed by atoms with Crippen LogP contribution in [0.3, 0.4) is 0 Å². The summed E-state index contributed by atoms with van der Waals surface area (Å²) < 4.78 is 11.0. The van der Waals surface area contributed by atoms with Crippen LogP contribution in [0.1, 0.15) is 24.7 Å². The molecule has 0 N–H and O–H groups in total. The molecule has 17 heavy (non-hydrogen) atoms. The number of benzene rings is 1. The molecule has 2 aromatic rings. The summed E-state index contributed by atoms with van der Waals surface area (Å²) in [5.74, 6) is 1.72. The van der Waals surface area contributed by atoms with Gasteiger partial charge in [-0.3, -0.25) is 0 Å². The lowest BCUT2D eigenvalue weighted by Gasteiger charge is -1.99. The summed E-state index contributed by atoms with van der Waals surface area (Å²) in [4.78, 5) is 0. The van der Waals surface area contributed by atoms with E-state index in [0.717, 1.165) is 40.9 Å². The van der Waals surface area contributed by atoms with Crippen molar-refractivity contribution >= 4 is 11.0 Å². The minimum absolute atomic E-state index is 0.384. The molecule has 0 aliphatic heterocycles. The van der Waals surface area contributed by atoms with Crippen LogP contribution in [0, 0.1) is 11.3 Å². The summed E-state index contributed by atoms with van der Waals surface area (Å²) in [5.41, 5.74) is 1.84. The highest BCUT2D eigenvalue weighted by atomic mass is 16.5. The maximum Gasteiger partial charge on any atom is 0.134 e. The molecular weight excluding hydrogens is 214 g/mol. The Kier molecular flexibility index (Phi) is 3.34. The normalized spacial score (nSPS) is 10.4. The van der Waals surface area contributed by atoms with Crippen molar-refractivity contribution in [1.82, 2.24) is 0 Å². The molecule has 1 aromatic heterocycles. The zero-order valence-electron chi connectivity index (χ0n) is 10.1. The van der Waals surface area contributed by atoms with Gasteiger partial charge in [-0.15, -0.1) is 0 Å². The van der Waals surface area contributed by atoms with Gasteiger partial charge in [0.1, 0.15) is 17.1 Å². The molecule has 0 aliphatic carbocycles. The van der Waals surface area contributed by atoms with Crippen LogP contribution in [0.2, 0.25) is 0 Å². The van der Waals surface area contributed by atoms with Crippen molar-refractivity contribution in [2.75, 3.05) is 7.11 Å². The van der Waals surface area contributed by atoms with Crippen molar-refractivity contribution in [3.05, 3.63) is 29.5 Å². The third kappa shape index (κ3) is 2.12. The van der Waals surface area contributed by atoms with Crippen molar-refractivity contribution in [1.29, 1.82) is 5.26 Å². The first-order valence-corrected chi connectivity index (χ1v) is 5.75. The molecule has 0 aliphatic rings. The molecule has 0 amide bonds. The minimum atomic E-state index is 0.384. The van der Waals surface area contributed by atoms with Crippen LogP contribution >= 0.6 is 0 Å². The van der Waals surface area contributed by atoms with E-state index in [1.165, 1.54) is 0 Å². The zero-order chi connectivity index (χ0) is 12.3. The first-order chi connectivity index (χ1) is 8.30. The lowest BCUT2D eigenvalue weighted by atomic mass is 10.1. The summed E-state index contributed by atoms with van der Waals surface area (Å²) in [6.45, 7) is 2.10. The highest BCUT2D eigenvalue weighted by Crippen LogP contribution is 2.30. The van der Waals surface area contributed by atoms with E-state index < -0.39 is 0 Å². The number of fused-ring (bicyclic) bond motifs is 1. The van der Waals surface area contributed by atoms with E-state index in [4.69, 9.17) is 14.4 Å². The van der Waals surface area contributed by atoms with Crippen LogP contribution in [0.4, 0.5) is 0 Å². The maximum absolute atomic E-state index is 8.89. The van der Waals surface area contributed by atoms with Crippen LogP contribution in [0.15, 0.2) is 22.6 Å². The topological polar surface area (TPSA) is 46.2 Å². The first-order valence-electron chi connectivity index (χ1n) is 5.75. The quantitative estimate of drug-likeness (QED) is 0.806. The fourth-order valence-corrected chi connectivity index (χ4v) is 2.01. The van der Waals surface area contributed by atoms with Gasteiger partial charge in [0.25, 0.3) is 0 Å². The molecule has 0 atom stereocenters. The second-order valence-corrected chi connectivity index (χ2v) is 3.95. The van der Waals surface area contributed by atoms with Gasteiger partial charge in [-0.05, 0) is 24.6 Å². The van der Waals surface area contributed by atoms with E-state index in [0.29, 0.717) is 6.42 Å². The Labute approximate surface area is 101 Å². The van der Waals surface area contributed by atoms with Crippen LogP contribution in [0.5, 0.6) is 5.75 Å². The van der Waals surface area contributed by atoms with E-state index in [9.17, 15) is 0 Å². The predicted octanol–water partition coefficient (Wildman–Crippen LogP) is 3.46. The molecule has 1 heterocycles. The van der Waals surface area contributed by atoms with Crippen LogP contribution in [-0.2, 0) is 12.8 Å². The van der Waals surface area contributed by atoms with Gasteiger partial charge in [-0.2, -0.15) is 5.26 Å². The lowest BCUT2D eigenvalue weighted by Crippen LogP contribution is -1.88. The molecule has 0 radical (unpaired) electrons. The number of methoxy groups -OCH3 is 1. The molecule has 0 saturated carbocycles. The number of hydrogen-bond donors (Lipinski definition) is 0. The number of hydrogen-bond acceptors (Lipinski definition) is 3. The summed E-state index contributed by atoms with van der Waals surface area (Å²) in [6.07, 6.45) is 2.26. The minimum Gasteiger partial charge on any atom is -0.497 e. The molecule has 0 fully saturated rings. The predicted molar refractivity (Wildman–Crippen MR) is 66.1 cm³/mol. The average molecular weight is 229 g/mol. The largest absolute Gasteiger partial charge is 0.497 e. The van der Waals surface area contributed by atoms with E-state index in [-0.39, 0.29) is 0 Å². The van der Waals surface area contributed by atoms with Crippen molar-refractivity contribution < 1.29 is 9.15 Å². The molecule has 88 valence electrons. The average Bonchev–Trinajstić information content (AvgIpc) is 2.68. The fraction of sp³-hybridized carbons (Fsp3) is 0.357. The van der Waals surface area contributed by atoms with E-state index in [2.05, 4.69) is 13.0 Å². The Morgan fingerprint density at radius 1 is 1.41 bits per heavy atom. The third-order valence-electron chi connectivity index (χ3n) is 2.81. The number of nitrogens with zero attached hydrogens (tertiary/aromatic N) is 1. The van der Waals surface area contributed by atoms with Gasteiger partial charge >= 0.3 is 0 Å². The van der Waals surface area contributed by atoms with Gasteiger partial charge in [0.05, 0.1) is 19.6 Å². The summed E-state index contributed by atoms with van der Waals surface area (Å²) in [6, 6.07) is 7.90. The number of rotatable bonds is 4. The third-order valence-corrected chi connectivity index (χ3v) is 2.81. The smallest absolute Gasteiger partial charge is 0.134 e. The highest BCUT2D eigenvalue weighted by molar-refractivity contribution is 5.84. The van der Waals surface area contributed by atoms with Gasteiger partial charge < -0.3 is 9.15 Å². The number of ether oxygens (including phenoxy) is 1. The summed E-state index contributed by atoms with van der Waals surface area (Å²) >= 11 is 0. The van der Waals surface area contributed by atoms with E-state index in [1.807, 2.05) is 18.2 Å².